The van der Waals surface area contributed by atoms with Gasteiger partial charge in [-0.1, -0.05) is 0 Å². The summed E-state index contributed by atoms with van der Waals surface area (Å²) < 4.78 is 72.7. The first-order valence-electron chi connectivity index (χ1n) is 3.93. The Kier molecular flexibility index (Phi) is 3.92. The van der Waals surface area contributed by atoms with E-state index in [-0.39, 0.29) is 0 Å². The van der Waals surface area contributed by atoms with Crippen molar-refractivity contribution in [1.82, 2.24) is 0 Å². The molecule has 1 nitrogen and oxygen atoms in total. The minimum Gasteiger partial charge on any atom is -0.397 e. The van der Waals surface area contributed by atoms with E-state index in [2.05, 4.69) is 15.9 Å². The fraction of sp³-hybridized carbons (Fsp3) is 0.250. The highest BCUT2D eigenvalue weighted by Gasteiger charge is 2.36. The summed E-state index contributed by atoms with van der Waals surface area (Å²) in [6.45, 7) is 0. The van der Waals surface area contributed by atoms with Gasteiger partial charge in [0.15, 0.2) is 0 Å². The fourth-order valence-electron chi connectivity index (χ4n) is 1.01. The van der Waals surface area contributed by atoms with E-state index in [0.29, 0.717) is 12.1 Å². The molecule has 0 bridgehead atoms. The Bertz CT molecular complexity index is 427. The van der Waals surface area contributed by atoms with Crippen LogP contribution in [-0.2, 0) is 6.18 Å². The molecule has 1 aromatic rings. The smallest absolute Gasteiger partial charge is 0.397 e. The summed E-state index contributed by atoms with van der Waals surface area (Å²) >= 11 is 1.99. The Balaban J connectivity index is 3.21. The largest absolute Gasteiger partial charge is 0.446 e. The molecule has 9 heteroatoms. The van der Waals surface area contributed by atoms with E-state index in [1.54, 1.807) is 0 Å². The van der Waals surface area contributed by atoms with Crippen LogP contribution in [0, 0.1) is 0 Å². The van der Waals surface area contributed by atoms with Crippen molar-refractivity contribution in [2.45, 2.75) is 16.6 Å². The van der Waals surface area contributed by atoms with Crippen LogP contribution in [0.5, 0.6) is 0 Å². The van der Waals surface area contributed by atoms with Crippen LogP contribution in [-0.4, -0.2) is 5.51 Å². The van der Waals surface area contributed by atoms with E-state index in [4.69, 9.17) is 5.73 Å². The Hall–Kier alpha value is -0.570. The van der Waals surface area contributed by atoms with Gasteiger partial charge < -0.3 is 5.73 Å². The Morgan fingerprint density at radius 2 is 1.59 bits per heavy atom. The fourth-order valence-corrected chi connectivity index (χ4v) is 2.31. The number of hydrogen-bond acceptors (Lipinski definition) is 2. The zero-order valence-electron chi connectivity index (χ0n) is 7.79. The van der Waals surface area contributed by atoms with Gasteiger partial charge in [0.1, 0.15) is 0 Å². The molecular weight excluding hydrogens is 336 g/mol. The van der Waals surface area contributed by atoms with Crippen molar-refractivity contribution < 1.29 is 26.3 Å². The van der Waals surface area contributed by atoms with Crippen molar-refractivity contribution in [2.75, 3.05) is 5.73 Å². The summed E-state index contributed by atoms with van der Waals surface area (Å²) in [6, 6.07) is 1.25. The van der Waals surface area contributed by atoms with Gasteiger partial charge in [0.25, 0.3) is 0 Å². The van der Waals surface area contributed by atoms with Gasteiger partial charge in [-0.2, -0.15) is 26.3 Å². The second-order valence-corrected chi connectivity index (χ2v) is 4.78. The van der Waals surface area contributed by atoms with Gasteiger partial charge in [0, 0.05) is 4.90 Å². The van der Waals surface area contributed by atoms with Crippen molar-refractivity contribution in [3.63, 3.8) is 0 Å². The van der Waals surface area contributed by atoms with Crippen molar-refractivity contribution in [3.8, 4) is 0 Å². The molecule has 1 aromatic carbocycles. The molecule has 0 unspecified atom stereocenters. The maximum absolute atomic E-state index is 12.4. The number of nitrogen functional groups attached to an aromatic ring is 1. The molecule has 0 aliphatic carbocycles. The lowest BCUT2D eigenvalue weighted by Crippen LogP contribution is -2.09. The second kappa shape index (κ2) is 4.60. The number of alkyl halides is 6. The Labute approximate surface area is 104 Å². The van der Waals surface area contributed by atoms with Gasteiger partial charge in [0.2, 0.25) is 0 Å². The lowest BCUT2D eigenvalue weighted by atomic mass is 10.2. The quantitative estimate of drug-likeness (QED) is 0.457. The summed E-state index contributed by atoms with van der Waals surface area (Å²) in [7, 11) is 0. The predicted octanol–water partition coefficient (Wildman–Crippen LogP) is 4.66. The summed E-state index contributed by atoms with van der Waals surface area (Å²) in [6.07, 6.45) is -4.67. The molecule has 0 atom stereocenters. The lowest BCUT2D eigenvalue weighted by molar-refractivity contribution is -0.138. The van der Waals surface area contributed by atoms with Crippen LogP contribution in [0.2, 0.25) is 0 Å². The minimum atomic E-state index is -4.67. The van der Waals surface area contributed by atoms with Crippen LogP contribution in [0.15, 0.2) is 21.5 Å². The van der Waals surface area contributed by atoms with Crippen molar-refractivity contribution >= 4 is 33.4 Å². The van der Waals surface area contributed by atoms with Gasteiger partial charge in [-0.15, -0.1) is 0 Å². The van der Waals surface area contributed by atoms with E-state index in [9.17, 15) is 26.3 Å². The minimum absolute atomic E-state index is 0.475. The molecule has 96 valence electrons. The molecule has 0 spiro atoms. The number of rotatable bonds is 1. The molecule has 1 rings (SSSR count). The standard InChI is InChI=1S/C8H4BrF6NS/c9-5-3(7(10,11)12)1-2-4(6(5)16)17-8(13,14)15/h1-2H,16H2. The molecule has 0 radical (unpaired) electrons. The third kappa shape index (κ3) is 3.70. The highest BCUT2D eigenvalue weighted by molar-refractivity contribution is 9.10. The number of halogens is 7. The highest BCUT2D eigenvalue weighted by atomic mass is 79.9. The Morgan fingerprint density at radius 1 is 1.06 bits per heavy atom. The van der Waals surface area contributed by atoms with Crippen molar-refractivity contribution in [2.24, 2.45) is 0 Å². The molecule has 0 aliphatic heterocycles. The summed E-state index contributed by atoms with van der Waals surface area (Å²) in [5.41, 5.74) is -1.08. The van der Waals surface area contributed by atoms with Crippen LogP contribution < -0.4 is 5.73 Å². The van der Waals surface area contributed by atoms with Crippen LogP contribution >= 0.6 is 27.7 Å². The SMILES string of the molecule is Nc1c(SC(F)(F)F)ccc(C(F)(F)F)c1Br. The molecular formula is C8H4BrF6NS. The van der Waals surface area contributed by atoms with Gasteiger partial charge in [0.05, 0.1) is 15.7 Å². The highest BCUT2D eigenvalue weighted by Crippen LogP contribution is 2.45. The topological polar surface area (TPSA) is 26.0 Å². The third-order valence-corrected chi connectivity index (χ3v) is 3.33. The lowest BCUT2D eigenvalue weighted by Gasteiger charge is -2.14. The summed E-state index contributed by atoms with van der Waals surface area (Å²) in [5.74, 6) is 0. The second-order valence-electron chi connectivity index (χ2n) is 2.88. The normalized spacial score (nSPS) is 12.9. The Morgan fingerprint density at radius 3 is 2.00 bits per heavy atom. The van der Waals surface area contributed by atoms with Gasteiger partial charge in [-0.3, -0.25) is 0 Å². The summed E-state index contributed by atoms with van der Waals surface area (Å²) in [4.78, 5) is -0.475. The molecule has 0 aromatic heterocycles. The van der Waals surface area contributed by atoms with E-state index >= 15 is 0 Å². The maximum atomic E-state index is 12.4. The number of nitrogens with two attached hydrogens (primary N) is 1. The van der Waals surface area contributed by atoms with Gasteiger partial charge in [-0.05, 0) is 39.8 Å². The van der Waals surface area contributed by atoms with Crippen molar-refractivity contribution in [1.29, 1.82) is 0 Å². The molecule has 0 amide bonds. The molecule has 2 N–H and O–H groups in total. The molecule has 0 saturated carbocycles. The van der Waals surface area contributed by atoms with Crippen LogP contribution in [0.1, 0.15) is 5.56 Å². The van der Waals surface area contributed by atoms with E-state index in [0.717, 1.165) is 0 Å². The molecule has 17 heavy (non-hydrogen) atoms. The maximum Gasteiger partial charge on any atom is 0.446 e. The molecule has 0 fully saturated rings. The number of hydrogen-bond donors (Lipinski definition) is 1. The molecule has 0 heterocycles. The van der Waals surface area contributed by atoms with Gasteiger partial charge >= 0.3 is 11.7 Å². The number of anilines is 1. The first kappa shape index (κ1) is 14.5. The van der Waals surface area contributed by atoms with E-state index in [1.807, 2.05) is 0 Å². The zero-order valence-corrected chi connectivity index (χ0v) is 10.2. The first-order chi connectivity index (χ1) is 7.52. The average molecular weight is 340 g/mol. The average Bonchev–Trinajstić information content (AvgIpc) is 2.08. The zero-order chi connectivity index (χ0) is 13.4. The molecule has 0 saturated heterocycles. The van der Waals surface area contributed by atoms with Crippen LogP contribution in [0.25, 0.3) is 0 Å². The number of thioether (sulfide) groups is 1. The number of benzene rings is 1. The van der Waals surface area contributed by atoms with E-state index in [1.165, 1.54) is 0 Å². The monoisotopic (exact) mass is 339 g/mol. The summed E-state index contributed by atoms with van der Waals surface area (Å²) in [5, 5.41) is 0. The molecule has 0 aliphatic rings. The van der Waals surface area contributed by atoms with Crippen LogP contribution in [0.4, 0.5) is 32.0 Å². The third-order valence-electron chi connectivity index (χ3n) is 1.67. The van der Waals surface area contributed by atoms with Gasteiger partial charge in [-0.25, -0.2) is 0 Å². The first-order valence-corrected chi connectivity index (χ1v) is 5.54. The predicted molar refractivity (Wildman–Crippen MR) is 55.5 cm³/mol. The van der Waals surface area contributed by atoms with Crippen molar-refractivity contribution in [3.05, 3.63) is 22.2 Å². The van der Waals surface area contributed by atoms with E-state index < -0.39 is 44.1 Å². The van der Waals surface area contributed by atoms with Crippen LogP contribution in [0.3, 0.4) is 0 Å².